The number of halogens is 1. The molecule has 0 aliphatic rings. The van der Waals surface area contributed by atoms with Gasteiger partial charge >= 0.3 is 6.03 Å². The second kappa shape index (κ2) is 9.37. The normalized spacial score (nSPS) is 11.8. The molecule has 0 radical (unpaired) electrons. The lowest BCUT2D eigenvalue weighted by Crippen LogP contribution is -2.87. The highest BCUT2D eigenvalue weighted by Crippen LogP contribution is 2.14. The van der Waals surface area contributed by atoms with Gasteiger partial charge in [0.2, 0.25) is 0 Å². The molecule has 0 aliphatic heterocycles. The molecular weight excluding hydrogens is 290 g/mol. The summed E-state index contributed by atoms with van der Waals surface area (Å²) in [6.07, 6.45) is 1.90. The van der Waals surface area contributed by atoms with E-state index in [1.807, 2.05) is 43.4 Å². The topological polar surface area (TPSA) is 74.8 Å². The van der Waals surface area contributed by atoms with Crippen molar-refractivity contribution in [3.8, 4) is 0 Å². The second-order valence-corrected chi connectivity index (χ2v) is 5.38. The Hall–Kier alpha value is -1.59. The molecule has 0 heterocycles. The number of imide groups is 1. The number of nitrogens with one attached hydrogen (secondary N) is 2. The summed E-state index contributed by atoms with van der Waals surface area (Å²) < 4.78 is 0. The fourth-order valence-corrected chi connectivity index (χ4v) is 2.01. The molecule has 1 aromatic rings. The number of hydrogen-bond acceptors (Lipinski definition) is 2. The van der Waals surface area contributed by atoms with Crippen molar-refractivity contribution < 1.29 is 14.9 Å². The molecule has 4 N–H and O–H groups in total. The van der Waals surface area contributed by atoms with E-state index in [2.05, 4.69) is 10.6 Å². The Morgan fingerprint density at radius 2 is 2.14 bits per heavy atom. The molecule has 6 heteroatoms. The summed E-state index contributed by atoms with van der Waals surface area (Å²) in [5, 5.41) is 7.48. The van der Waals surface area contributed by atoms with Crippen LogP contribution >= 0.6 is 11.6 Å². The second-order valence-electron chi connectivity index (χ2n) is 4.94. The number of hydrogen-bond donors (Lipinski definition) is 3. The summed E-state index contributed by atoms with van der Waals surface area (Å²) in [4.78, 5) is 23.1. The molecule has 0 spiro atoms. The first kappa shape index (κ1) is 17.5. The van der Waals surface area contributed by atoms with E-state index in [-0.39, 0.29) is 18.5 Å². The zero-order valence-electron chi connectivity index (χ0n) is 12.5. The minimum Gasteiger partial charge on any atom is -0.338 e. The number of quaternary nitrogens is 1. The SMILES string of the molecule is CCCCNC(=O)NC(=O)C[NH2+][C@@H](C)c1cccc(Cl)c1. The smallest absolute Gasteiger partial charge is 0.321 e. The summed E-state index contributed by atoms with van der Waals surface area (Å²) in [5.74, 6) is -0.308. The number of rotatable bonds is 7. The number of unbranched alkanes of at least 4 members (excludes halogenated alkanes) is 1. The minimum atomic E-state index is -0.433. The van der Waals surface area contributed by atoms with Crippen LogP contribution in [0.2, 0.25) is 5.02 Å². The van der Waals surface area contributed by atoms with Crippen LogP contribution < -0.4 is 16.0 Å². The fourth-order valence-electron chi connectivity index (χ4n) is 1.81. The Kier molecular flexibility index (Phi) is 7.79. The first-order chi connectivity index (χ1) is 10.0. The molecule has 1 aromatic carbocycles. The lowest BCUT2D eigenvalue weighted by Gasteiger charge is -2.11. The largest absolute Gasteiger partial charge is 0.338 e. The molecule has 0 unspecified atom stereocenters. The van der Waals surface area contributed by atoms with Crippen LogP contribution in [0.3, 0.4) is 0 Å². The van der Waals surface area contributed by atoms with Gasteiger partial charge in [-0.05, 0) is 25.5 Å². The van der Waals surface area contributed by atoms with Crippen LogP contribution in [0.4, 0.5) is 4.79 Å². The third-order valence-electron chi connectivity index (χ3n) is 3.10. The van der Waals surface area contributed by atoms with Crippen molar-refractivity contribution in [3.05, 3.63) is 34.9 Å². The Balaban J connectivity index is 2.30. The van der Waals surface area contributed by atoms with Gasteiger partial charge in [-0.2, -0.15) is 0 Å². The molecule has 0 bridgehead atoms. The summed E-state index contributed by atoms with van der Waals surface area (Å²) in [5.41, 5.74) is 1.04. The quantitative estimate of drug-likeness (QED) is 0.669. The maximum absolute atomic E-state index is 11.7. The summed E-state index contributed by atoms with van der Waals surface area (Å²) in [6.45, 7) is 4.80. The molecule has 0 saturated carbocycles. The number of carbonyl (C=O) groups is 2. The van der Waals surface area contributed by atoms with Crippen LogP contribution in [0.5, 0.6) is 0 Å². The molecule has 5 nitrogen and oxygen atoms in total. The van der Waals surface area contributed by atoms with Gasteiger partial charge in [-0.15, -0.1) is 0 Å². The van der Waals surface area contributed by atoms with Crippen LogP contribution in [0.1, 0.15) is 38.3 Å². The molecule has 0 aromatic heterocycles. The average Bonchev–Trinajstić information content (AvgIpc) is 2.45. The van der Waals surface area contributed by atoms with Crippen molar-refractivity contribution >= 4 is 23.5 Å². The van der Waals surface area contributed by atoms with Gasteiger partial charge in [0.05, 0.1) is 0 Å². The number of nitrogens with two attached hydrogens (primary N) is 1. The van der Waals surface area contributed by atoms with Crippen molar-refractivity contribution in [1.82, 2.24) is 10.6 Å². The third-order valence-corrected chi connectivity index (χ3v) is 3.34. The van der Waals surface area contributed by atoms with Gasteiger partial charge in [0.15, 0.2) is 6.54 Å². The molecule has 116 valence electrons. The summed E-state index contributed by atoms with van der Waals surface area (Å²) in [6, 6.07) is 7.18. The Morgan fingerprint density at radius 1 is 1.38 bits per heavy atom. The molecular formula is C15H23ClN3O2+. The van der Waals surface area contributed by atoms with Crippen LogP contribution in [0.25, 0.3) is 0 Å². The molecule has 1 atom stereocenters. The summed E-state index contributed by atoms with van der Waals surface area (Å²) in [7, 11) is 0. The van der Waals surface area contributed by atoms with Crippen molar-refractivity contribution in [2.45, 2.75) is 32.7 Å². The maximum atomic E-state index is 11.7. The lowest BCUT2D eigenvalue weighted by molar-refractivity contribution is -0.682. The number of benzene rings is 1. The van der Waals surface area contributed by atoms with Gasteiger partial charge in [0.25, 0.3) is 5.91 Å². The van der Waals surface area contributed by atoms with E-state index in [1.165, 1.54) is 0 Å². The highest BCUT2D eigenvalue weighted by molar-refractivity contribution is 6.30. The zero-order chi connectivity index (χ0) is 15.7. The molecule has 0 aliphatic carbocycles. The lowest BCUT2D eigenvalue weighted by atomic mass is 10.1. The van der Waals surface area contributed by atoms with E-state index >= 15 is 0 Å². The van der Waals surface area contributed by atoms with Crippen molar-refractivity contribution in [1.29, 1.82) is 0 Å². The predicted molar refractivity (Wildman–Crippen MR) is 83.1 cm³/mol. The number of amides is 3. The van der Waals surface area contributed by atoms with Crippen molar-refractivity contribution in [2.24, 2.45) is 0 Å². The number of carbonyl (C=O) groups excluding carboxylic acids is 2. The minimum absolute atomic E-state index is 0.0950. The van der Waals surface area contributed by atoms with Crippen LogP contribution in [-0.4, -0.2) is 25.0 Å². The van der Waals surface area contributed by atoms with E-state index in [0.717, 1.165) is 18.4 Å². The van der Waals surface area contributed by atoms with E-state index < -0.39 is 6.03 Å². The molecule has 0 fully saturated rings. The number of urea groups is 1. The van der Waals surface area contributed by atoms with Gasteiger partial charge in [-0.1, -0.05) is 37.1 Å². The predicted octanol–water partition coefficient (Wildman–Crippen LogP) is 1.59. The Morgan fingerprint density at radius 3 is 2.81 bits per heavy atom. The average molecular weight is 313 g/mol. The molecule has 21 heavy (non-hydrogen) atoms. The van der Waals surface area contributed by atoms with Gasteiger partial charge in [-0.3, -0.25) is 10.1 Å². The van der Waals surface area contributed by atoms with E-state index in [9.17, 15) is 9.59 Å². The molecule has 1 rings (SSSR count). The van der Waals surface area contributed by atoms with Gasteiger partial charge < -0.3 is 10.6 Å². The van der Waals surface area contributed by atoms with E-state index in [0.29, 0.717) is 11.6 Å². The zero-order valence-corrected chi connectivity index (χ0v) is 13.2. The maximum Gasteiger partial charge on any atom is 0.321 e. The fraction of sp³-hybridized carbons (Fsp3) is 0.467. The van der Waals surface area contributed by atoms with E-state index in [1.54, 1.807) is 0 Å². The highest BCUT2D eigenvalue weighted by Gasteiger charge is 2.13. The van der Waals surface area contributed by atoms with E-state index in [4.69, 9.17) is 11.6 Å². The van der Waals surface area contributed by atoms with Crippen LogP contribution in [0, 0.1) is 0 Å². The van der Waals surface area contributed by atoms with Crippen molar-refractivity contribution in [3.63, 3.8) is 0 Å². The molecule has 3 amide bonds. The monoisotopic (exact) mass is 312 g/mol. The van der Waals surface area contributed by atoms with Crippen molar-refractivity contribution in [2.75, 3.05) is 13.1 Å². The van der Waals surface area contributed by atoms with Crippen LogP contribution in [0.15, 0.2) is 24.3 Å². The van der Waals surface area contributed by atoms with Gasteiger partial charge in [0, 0.05) is 17.1 Å². The first-order valence-electron chi connectivity index (χ1n) is 7.19. The standard InChI is InChI=1S/C15H22ClN3O2/c1-3-4-8-17-15(21)19-14(20)10-18-11(2)12-6-5-7-13(16)9-12/h5-7,9,11,18H,3-4,8,10H2,1-2H3,(H2,17,19,20,21)/p+1/t11-/m0/s1. The summed E-state index contributed by atoms with van der Waals surface area (Å²) >= 11 is 5.93. The first-order valence-corrected chi connectivity index (χ1v) is 7.57. The highest BCUT2D eigenvalue weighted by atomic mass is 35.5. The third kappa shape index (κ3) is 7.11. The van der Waals surface area contributed by atoms with Gasteiger partial charge in [0.1, 0.15) is 6.04 Å². The Labute approximate surface area is 130 Å². The van der Waals surface area contributed by atoms with Crippen LogP contribution in [-0.2, 0) is 4.79 Å². The van der Waals surface area contributed by atoms with Gasteiger partial charge in [-0.25, -0.2) is 4.79 Å². The molecule has 0 saturated heterocycles. The Bertz CT molecular complexity index is 480.